The van der Waals surface area contributed by atoms with Gasteiger partial charge in [-0.3, -0.25) is 4.79 Å². The first-order valence-corrected chi connectivity index (χ1v) is 6.67. The van der Waals surface area contributed by atoms with E-state index in [9.17, 15) is 4.79 Å². The number of nitrogens with one attached hydrogen (secondary N) is 1. The number of carbonyl (C=O) groups is 1. The van der Waals surface area contributed by atoms with Gasteiger partial charge in [-0.1, -0.05) is 13.8 Å². The van der Waals surface area contributed by atoms with E-state index < -0.39 is 0 Å². The molecule has 17 heavy (non-hydrogen) atoms. The predicted molar refractivity (Wildman–Crippen MR) is 71.8 cm³/mol. The molecule has 0 saturated carbocycles. The fourth-order valence-electron chi connectivity index (χ4n) is 1.18. The molecule has 3 N–H and O–H groups in total. The normalized spacial score (nSPS) is 10.5. The SMILES string of the molecule is CC(C)CCNC(=O)CSc1ccc(N)nc1. The Bertz CT molecular complexity index is 351. The first-order chi connectivity index (χ1) is 8.08. The lowest BCUT2D eigenvalue weighted by molar-refractivity contribution is -0.118. The Kier molecular flexibility index (Phi) is 5.83. The van der Waals surface area contributed by atoms with Crippen LogP contribution in [-0.4, -0.2) is 23.2 Å². The molecular weight excluding hydrogens is 234 g/mol. The van der Waals surface area contributed by atoms with Gasteiger partial charge in [-0.15, -0.1) is 11.8 Å². The largest absolute Gasteiger partial charge is 0.384 e. The van der Waals surface area contributed by atoms with Gasteiger partial charge in [-0.2, -0.15) is 0 Å². The smallest absolute Gasteiger partial charge is 0.230 e. The number of amides is 1. The number of anilines is 1. The third-order valence-corrected chi connectivity index (χ3v) is 3.15. The van der Waals surface area contributed by atoms with Crippen LogP contribution in [-0.2, 0) is 4.79 Å². The second-order valence-electron chi connectivity index (χ2n) is 4.24. The summed E-state index contributed by atoms with van der Waals surface area (Å²) in [5.74, 6) is 1.59. The summed E-state index contributed by atoms with van der Waals surface area (Å²) in [6.45, 7) is 5.03. The highest BCUT2D eigenvalue weighted by Crippen LogP contribution is 2.16. The highest BCUT2D eigenvalue weighted by molar-refractivity contribution is 8.00. The topological polar surface area (TPSA) is 68.0 Å². The van der Waals surface area contributed by atoms with Gasteiger partial charge in [0.1, 0.15) is 5.82 Å². The van der Waals surface area contributed by atoms with Crippen molar-refractivity contribution in [3.8, 4) is 0 Å². The summed E-state index contributed by atoms with van der Waals surface area (Å²) in [5, 5.41) is 2.89. The summed E-state index contributed by atoms with van der Waals surface area (Å²) in [4.78, 5) is 16.4. The molecule has 0 aromatic carbocycles. The molecule has 0 fully saturated rings. The van der Waals surface area contributed by atoms with Gasteiger partial charge in [0, 0.05) is 17.6 Å². The van der Waals surface area contributed by atoms with E-state index in [1.165, 1.54) is 11.8 Å². The zero-order chi connectivity index (χ0) is 12.7. The van der Waals surface area contributed by atoms with Crippen LogP contribution in [0.15, 0.2) is 23.2 Å². The third-order valence-electron chi connectivity index (χ3n) is 2.17. The number of rotatable bonds is 6. The van der Waals surface area contributed by atoms with Crippen molar-refractivity contribution < 1.29 is 4.79 Å². The van der Waals surface area contributed by atoms with Crippen molar-refractivity contribution in [3.63, 3.8) is 0 Å². The minimum absolute atomic E-state index is 0.0625. The van der Waals surface area contributed by atoms with E-state index in [0.717, 1.165) is 17.9 Å². The molecule has 0 aliphatic heterocycles. The molecule has 0 aliphatic carbocycles. The van der Waals surface area contributed by atoms with Crippen LogP contribution in [0.5, 0.6) is 0 Å². The van der Waals surface area contributed by atoms with Gasteiger partial charge in [0.2, 0.25) is 5.91 Å². The van der Waals surface area contributed by atoms with Crippen LogP contribution < -0.4 is 11.1 Å². The molecule has 1 amide bonds. The monoisotopic (exact) mass is 253 g/mol. The highest BCUT2D eigenvalue weighted by Gasteiger charge is 2.03. The van der Waals surface area contributed by atoms with Crippen molar-refractivity contribution in [3.05, 3.63) is 18.3 Å². The number of hydrogen-bond acceptors (Lipinski definition) is 4. The molecule has 0 bridgehead atoms. The Balaban J connectivity index is 2.21. The summed E-state index contributed by atoms with van der Waals surface area (Å²) in [6, 6.07) is 3.60. The van der Waals surface area contributed by atoms with Crippen molar-refractivity contribution in [1.29, 1.82) is 0 Å². The molecule has 0 radical (unpaired) electrons. The number of hydrogen-bond donors (Lipinski definition) is 2. The summed E-state index contributed by atoms with van der Waals surface area (Å²) >= 11 is 1.47. The fraction of sp³-hybridized carbons (Fsp3) is 0.500. The second kappa shape index (κ2) is 7.17. The van der Waals surface area contributed by atoms with Crippen LogP contribution in [0.25, 0.3) is 0 Å². The Morgan fingerprint density at radius 3 is 2.88 bits per heavy atom. The van der Waals surface area contributed by atoms with Crippen LogP contribution in [0, 0.1) is 5.92 Å². The van der Waals surface area contributed by atoms with Gasteiger partial charge >= 0.3 is 0 Å². The molecule has 0 spiro atoms. The van der Waals surface area contributed by atoms with Gasteiger partial charge < -0.3 is 11.1 Å². The molecule has 0 atom stereocenters. The zero-order valence-corrected chi connectivity index (χ0v) is 11.1. The average Bonchev–Trinajstić information content (AvgIpc) is 2.28. The van der Waals surface area contributed by atoms with Gasteiger partial charge in [0.15, 0.2) is 0 Å². The molecule has 0 saturated heterocycles. The molecule has 1 aromatic heterocycles. The molecule has 0 aliphatic rings. The van der Waals surface area contributed by atoms with Crippen molar-refractivity contribution in [2.45, 2.75) is 25.2 Å². The molecular formula is C12H19N3OS. The Morgan fingerprint density at radius 2 is 2.29 bits per heavy atom. The molecule has 94 valence electrons. The van der Waals surface area contributed by atoms with Crippen LogP contribution >= 0.6 is 11.8 Å². The van der Waals surface area contributed by atoms with Crippen LogP contribution in [0.4, 0.5) is 5.82 Å². The maximum Gasteiger partial charge on any atom is 0.230 e. The number of nitrogen functional groups attached to an aromatic ring is 1. The van der Waals surface area contributed by atoms with E-state index in [2.05, 4.69) is 24.1 Å². The van der Waals surface area contributed by atoms with Crippen LogP contribution in [0.3, 0.4) is 0 Å². The summed E-state index contributed by atoms with van der Waals surface area (Å²) < 4.78 is 0. The van der Waals surface area contributed by atoms with E-state index in [-0.39, 0.29) is 5.91 Å². The Hall–Kier alpha value is -1.23. The molecule has 1 heterocycles. The van der Waals surface area contributed by atoms with Gasteiger partial charge in [0.05, 0.1) is 5.75 Å². The first kappa shape index (κ1) is 13.8. The fourth-order valence-corrected chi connectivity index (χ4v) is 1.87. The zero-order valence-electron chi connectivity index (χ0n) is 10.3. The number of thioether (sulfide) groups is 1. The maximum atomic E-state index is 11.5. The van der Waals surface area contributed by atoms with E-state index in [1.807, 2.05) is 6.07 Å². The molecule has 5 heteroatoms. The quantitative estimate of drug-likeness (QED) is 0.760. The van der Waals surface area contributed by atoms with Crippen molar-refractivity contribution >= 4 is 23.5 Å². The Morgan fingerprint density at radius 1 is 1.53 bits per heavy atom. The third kappa shape index (κ3) is 6.16. The predicted octanol–water partition coefficient (Wildman–Crippen LogP) is 1.92. The standard InChI is InChI=1S/C12H19N3OS/c1-9(2)5-6-14-12(16)8-17-10-3-4-11(13)15-7-10/h3-4,7,9H,5-6,8H2,1-2H3,(H2,13,15)(H,14,16). The van der Waals surface area contributed by atoms with Gasteiger partial charge in [-0.05, 0) is 24.5 Å². The number of pyridine rings is 1. The lowest BCUT2D eigenvalue weighted by Gasteiger charge is -2.06. The van der Waals surface area contributed by atoms with Crippen LogP contribution in [0.1, 0.15) is 20.3 Å². The van der Waals surface area contributed by atoms with Crippen molar-refractivity contribution in [2.24, 2.45) is 5.92 Å². The second-order valence-corrected chi connectivity index (χ2v) is 5.29. The van der Waals surface area contributed by atoms with E-state index in [0.29, 0.717) is 17.5 Å². The first-order valence-electron chi connectivity index (χ1n) is 5.69. The minimum Gasteiger partial charge on any atom is -0.384 e. The van der Waals surface area contributed by atoms with E-state index >= 15 is 0 Å². The lowest BCUT2D eigenvalue weighted by Crippen LogP contribution is -2.26. The maximum absolute atomic E-state index is 11.5. The number of nitrogens with two attached hydrogens (primary N) is 1. The summed E-state index contributed by atoms with van der Waals surface area (Å²) in [6.07, 6.45) is 2.70. The number of nitrogens with zero attached hydrogens (tertiary/aromatic N) is 1. The minimum atomic E-state index is 0.0625. The lowest BCUT2D eigenvalue weighted by atomic mass is 10.1. The van der Waals surface area contributed by atoms with Crippen molar-refractivity contribution in [1.82, 2.24) is 10.3 Å². The summed E-state index contributed by atoms with van der Waals surface area (Å²) in [7, 11) is 0. The van der Waals surface area contributed by atoms with E-state index in [4.69, 9.17) is 5.73 Å². The number of carbonyl (C=O) groups excluding carboxylic acids is 1. The summed E-state index contributed by atoms with van der Waals surface area (Å²) in [5.41, 5.74) is 5.48. The van der Waals surface area contributed by atoms with Gasteiger partial charge in [0.25, 0.3) is 0 Å². The highest BCUT2D eigenvalue weighted by atomic mass is 32.2. The molecule has 1 rings (SSSR count). The Labute approximate surface area is 106 Å². The molecule has 4 nitrogen and oxygen atoms in total. The van der Waals surface area contributed by atoms with E-state index in [1.54, 1.807) is 12.3 Å². The molecule has 0 unspecified atom stereocenters. The molecule has 1 aromatic rings. The average molecular weight is 253 g/mol. The van der Waals surface area contributed by atoms with Crippen molar-refractivity contribution in [2.75, 3.05) is 18.0 Å². The van der Waals surface area contributed by atoms with Gasteiger partial charge in [-0.25, -0.2) is 4.98 Å². The number of aromatic nitrogens is 1. The van der Waals surface area contributed by atoms with Crippen LogP contribution in [0.2, 0.25) is 0 Å².